The number of carbonyl (C=O) groups excluding carboxylic acids is 2. The molecule has 0 aromatic carbocycles. The summed E-state index contributed by atoms with van der Waals surface area (Å²) in [4.78, 5) is 21.5. The van der Waals surface area contributed by atoms with Gasteiger partial charge >= 0.3 is 5.97 Å². The van der Waals surface area contributed by atoms with E-state index in [-0.39, 0.29) is 17.7 Å². The van der Waals surface area contributed by atoms with E-state index in [2.05, 4.69) is 4.74 Å². The summed E-state index contributed by atoms with van der Waals surface area (Å²) < 4.78 is 4.50. The number of hydrogen-bond donors (Lipinski definition) is 0. The Hall–Kier alpha value is -0.860. The second kappa shape index (κ2) is 3.51. The van der Waals surface area contributed by atoms with Crippen molar-refractivity contribution in [3.63, 3.8) is 0 Å². The van der Waals surface area contributed by atoms with Crippen LogP contribution in [0.2, 0.25) is 0 Å². The zero-order valence-corrected chi connectivity index (χ0v) is 6.63. The highest BCUT2D eigenvalue weighted by molar-refractivity contribution is 5.81. The van der Waals surface area contributed by atoms with E-state index in [1.165, 1.54) is 7.11 Å². The van der Waals surface area contributed by atoms with Crippen molar-refractivity contribution in [2.24, 2.45) is 5.92 Å². The first-order chi connectivity index (χ1) is 5.22. The fraction of sp³-hybridized carbons (Fsp3) is 0.750. The topological polar surface area (TPSA) is 43.4 Å². The summed E-state index contributed by atoms with van der Waals surface area (Å²) >= 11 is 0. The van der Waals surface area contributed by atoms with E-state index in [0.717, 1.165) is 6.42 Å². The van der Waals surface area contributed by atoms with Gasteiger partial charge in [-0.15, -0.1) is 0 Å². The van der Waals surface area contributed by atoms with Crippen molar-refractivity contribution in [1.29, 1.82) is 0 Å². The van der Waals surface area contributed by atoms with Crippen LogP contribution in [-0.2, 0) is 14.3 Å². The molecule has 0 aromatic rings. The molecule has 62 valence electrons. The molecule has 1 aliphatic carbocycles. The van der Waals surface area contributed by atoms with Gasteiger partial charge in [0.25, 0.3) is 0 Å². The third kappa shape index (κ3) is 2.33. The van der Waals surface area contributed by atoms with Crippen molar-refractivity contribution < 1.29 is 14.3 Å². The number of Topliss-reactive ketones (excluding diaryl/α,β-unsaturated/α-hetero) is 1. The Bertz CT molecular complexity index is 174. The van der Waals surface area contributed by atoms with Crippen LogP contribution < -0.4 is 0 Å². The fourth-order valence-electron chi connectivity index (χ4n) is 1.38. The summed E-state index contributed by atoms with van der Waals surface area (Å²) in [5.74, 6) is 0.318. The van der Waals surface area contributed by atoms with Crippen LogP contribution in [-0.4, -0.2) is 18.9 Å². The lowest BCUT2D eigenvalue weighted by molar-refractivity contribution is -0.141. The Morgan fingerprint density at radius 1 is 1.73 bits per heavy atom. The minimum atomic E-state index is -0.204. The van der Waals surface area contributed by atoms with Crippen molar-refractivity contribution in [3.05, 3.63) is 0 Å². The van der Waals surface area contributed by atoms with Gasteiger partial charge in [-0.05, 0) is 12.3 Å². The highest BCUT2D eigenvalue weighted by Crippen LogP contribution is 2.24. The summed E-state index contributed by atoms with van der Waals surface area (Å²) in [5.41, 5.74) is 0. The molecule has 0 aromatic heterocycles. The van der Waals surface area contributed by atoms with Crippen LogP contribution in [0.4, 0.5) is 0 Å². The largest absolute Gasteiger partial charge is 0.469 e. The lowest BCUT2D eigenvalue weighted by atomic mass is 10.0. The van der Waals surface area contributed by atoms with Gasteiger partial charge in [-0.3, -0.25) is 9.59 Å². The molecule has 0 N–H and O–H groups in total. The normalized spacial score (nSPS) is 23.7. The average Bonchev–Trinajstić information content (AvgIpc) is 2.35. The van der Waals surface area contributed by atoms with Crippen LogP contribution in [0.15, 0.2) is 0 Å². The monoisotopic (exact) mass is 156 g/mol. The van der Waals surface area contributed by atoms with Crippen molar-refractivity contribution in [3.8, 4) is 0 Å². The van der Waals surface area contributed by atoms with Crippen LogP contribution in [0.1, 0.15) is 25.7 Å². The molecule has 1 fully saturated rings. The SMILES string of the molecule is COC(=O)C[C@@H]1CCC(=O)C1. The van der Waals surface area contributed by atoms with Crippen molar-refractivity contribution in [2.75, 3.05) is 7.11 Å². The first-order valence-corrected chi connectivity index (χ1v) is 3.81. The van der Waals surface area contributed by atoms with E-state index in [9.17, 15) is 9.59 Å². The fourth-order valence-corrected chi connectivity index (χ4v) is 1.38. The molecule has 1 rings (SSSR count). The molecule has 1 aliphatic rings. The third-order valence-electron chi connectivity index (χ3n) is 2.03. The molecule has 0 heterocycles. The summed E-state index contributed by atoms with van der Waals surface area (Å²) in [6.07, 6.45) is 2.47. The predicted octanol–water partition coefficient (Wildman–Crippen LogP) is 0.919. The summed E-state index contributed by atoms with van der Waals surface area (Å²) in [7, 11) is 1.37. The molecule has 0 unspecified atom stereocenters. The van der Waals surface area contributed by atoms with E-state index in [1.807, 2.05) is 0 Å². The molecule has 0 aliphatic heterocycles. The number of ketones is 1. The van der Waals surface area contributed by atoms with Crippen molar-refractivity contribution in [2.45, 2.75) is 25.7 Å². The lowest BCUT2D eigenvalue weighted by Gasteiger charge is -2.04. The molecule has 0 bridgehead atoms. The minimum absolute atomic E-state index is 0.204. The number of rotatable bonds is 2. The van der Waals surface area contributed by atoms with E-state index in [0.29, 0.717) is 19.3 Å². The van der Waals surface area contributed by atoms with Crippen LogP contribution in [0.5, 0.6) is 0 Å². The maximum atomic E-state index is 10.8. The Balaban J connectivity index is 2.28. The van der Waals surface area contributed by atoms with Crippen LogP contribution >= 0.6 is 0 Å². The van der Waals surface area contributed by atoms with E-state index in [1.54, 1.807) is 0 Å². The lowest BCUT2D eigenvalue weighted by Crippen LogP contribution is -2.07. The maximum Gasteiger partial charge on any atom is 0.305 e. The zero-order chi connectivity index (χ0) is 8.27. The smallest absolute Gasteiger partial charge is 0.305 e. The van der Waals surface area contributed by atoms with Gasteiger partial charge in [0.15, 0.2) is 0 Å². The molecule has 1 saturated carbocycles. The Kier molecular flexibility index (Phi) is 2.63. The van der Waals surface area contributed by atoms with Crippen LogP contribution in [0, 0.1) is 5.92 Å². The molecular weight excluding hydrogens is 144 g/mol. The maximum absolute atomic E-state index is 10.8. The van der Waals surface area contributed by atoms with Gasteiger partial charge in [0.2, 0.25) is 0 Å². The first kappa shape index (κ1) is 8.24. The molecular formula is C8H12O3. The van der Waals surface area contributed by atoms with Gasteiger partial charge in [-0.25, -0.2) is 0 Å². The van der Waals surface area contributed by atoms with Gasteiger partial charge in [0, 0.05) is 19.3 Å². The molecule has 0 spiro atoms. The summed E-state index contributed by atoms with van der Waals surface area (Å²) in [6.45, 7) is 0. The second-order valence-electron chi connectivity index (χ2n) is 2.93. The number of methoxy groups -OCH3 is 1. The highest BCUT2D eigenvalue weighted by Gasteiger charge is 2.24. The molecule has 3 nitrogen and oxygen atoms in total. The van der Waals surface area contributed by atoms with Crippen LogP contribution in [0.25, 0.3) is 0 Å². The number of ether oxygens (including phenoxy) is 1. The molecule has 0 radical (unpaired) electrons. The first-order valence-electron chi connectivity index (χ1n) is 3.81. The van der Waals surface area contributed by atoms with Gasteiger partial charge < -0.3 is 4.74 Å². The Morgan fingerprint density at radius 3 is 2.91 bits per heavy atom. The standard InChI is InChI=1S/C8H12O3/c1-11-8(10)5-6-2-3-7(9)4-6/h6H,2-5H2,1H3/t6-/m1/s1. The quantitative estimate of drug-likeness (QED) is 0.558. The summed E-state index contributed by atoms with van der Waals surface area (Å²) in [6, 6.07) is 0. The third-order valence-corrected chi connectivity index (χ3v) is 2.03. The number of hydrogen-bond acceptors (Lipinski definition) is 3. The molecule has 3 heteroatoms. The predicted molar refractivity (Wildman–Crippen MR) is 39.0 cm³/mol. The number of carbonyl (C=O) groups is 2. The van der Waals surface area contributed by atoms with E-state index >= 15 is 0 Å². The molecule has 0 saturated heterocycles. The van der Waals surface area contributed by atoms with E-state index < -0.39 is 0 Å². The van der Waals surface area contributed by atoms with Gasteiger partial charge in [0.1, 0.15) is 5.78 Å². The zero-order valence-electron chi connectivity index (χ0n) is 6.63. The molecule has 11 heavy (non-hydrogen) atoms. The molecule has 1 atom stereocenters. The summed E-state index contributed by atoms with van der Waals surface area (Å²) in [5, 5.41) is 0. The van der Waals surface area contributed by atoms with Gasteiger partial charge in [-0.1, -0.05) is 0 Å². The van der Waals surface area contributed by atoms with E-state index in [4.69, 9.17) is 0 Å². The second-order valence-corrected chi connectivity index (χ2v) is 2.93. The number of esters is 1. The molecule has 0 amide bonds. The van der Waals surface area contributed by atoms with Gasteiger partial charge in [-0.2, -0.15) is 0 Å². The minimum Gasteiger partial charge on any atom is -0.469 e. The highest BCUT2D eigenvalue weighted by atomic mass is 16.5. The van der Waals surface area contributed by atoms with Crippen LogP contribution in [0.3, 0.4) is 0 Å². The Morgan fingerprint density at radius 2 is 2.45 bits per heavy atom. The Labute approximate surface area is 65.7 Å². The average molecular weight is 156 g/mol. The van der Waals surface area contributed by atoms with Crippen molar-refractivity contribution in [1.82, 2.24) is 0 Å². The van der Waals surface area contributed by atoms with Gasteiger partial charge in [0.05, 0.1) is 7.11 Å². The van der Waals surface area contributed by atoms with Crippen molar-refractivity contribution >= 4 is 11.8 Å².